The number of ether oxygens (including phenoxy) is 3. The summed E-state index contributed by atoms with van der Waals surface area (Å²) in [6, 6.07) is 6.37. The number of rotatable bonds is 7. The van der Waals surface area contributed by atoms with Crippen molar-refractivity contribution in [2.24, 2.45) is 0 Å². The number of methoxy groups -OCH3 is 2. The number of hydrogen-bond donors (Lipinski definition) is 1. The highest BCUT2D eigenvalue weighted by atomic mass is 16.5. The highest BCUT2D eigenvalue weighted by Crippen LogP contribution is 2.34. The van der Waals surface area contributed by atoms with Gasteiger partial charge >= 0.3 is 0 Å². The van der Waals surface area contributed by atoms with E-state index in [4.69, 9.17) is 14.2 Å². The first-order valence-corrected chi connectivity index (χ1v) is 6.88. The Bertz CT molecular complexity index is 395. The van der Waals surface area contributed by atoms with Crippen molar-refractivity contribution in [3.63, 3.8) is 0 Å². The van der Waals surface area contributed by atoms with Gasteiger partial charge in [-0.1, -0.05) is 0 Å². The second-order valence-corrected chi connectivity index (χ2v) is 4.75. The lowest BCUT2D eigenvalue weighted by molar-refractivity contribution is 0.191. The molecule has 1 aliphatic rings. The predicted octanol–water partition coefficient (Wildman–Crippen LogP) is 2.54. The van der Waals surface area contributed by atoms with Gasteiger partial charge in [-0.05, 0) is 37.6 Å². The number of hydrogen-bond acceptors (Lipinski definition) is 4. The summed E-state index contributed by atoms with van der Waals surface area (Å²) in [5.41, 5.74) is 1.21. The van der Waals surface area contributed by atoms with E-state index in [0.717, 1.165) is 50.5 Å². The molecule has 0 spiro atoms. The molecule has 0 saturated carbocycles. The fraction of sp³-hybridized carbons (Fsp3) is 0.600. The first-order valence-electron chi connectivity index (χ1n) is 6.88. The molecule has 106 valence electrons. The summed E-state index contributed by atoms with van der Waals surface area (Å²) >= 11 is 0. The van der Waals surface area contributed by atoms with E-state index in [2.05, 4.69) is 11.4 Å². The zero-order valence-electron chi connectivity index (χ0n) is 11.8. The van der Waals surface area contributed by atoms with Gasteiger partial charge in [0.15, 0.2) is 0 Å². The molecule has 1 aromatic rings. The minimum absolute atomic E-state index is 0.362. The molecule has 0 bridgehead atoms. The molecular weight excluding hydrogens is 242 g/mol. The quantitative estimate of drug-likeness (QED) is 0.769. The van der Waals surface area contributed by atoms with Crippen LogP contribution in [-0.4, -0.2) is 34.0 Å². The smallest absolute Gasteiger partial charge is 0.124 e. The zero-order chi connectivity index (χ0) is 13.5. The molecule has 1 atom stereocenters. The summed E-state index contributed by atoms with van der Waals surface area (Å²) in [6.45, 7) is 2.61. The lowest BCUT2D eigenvalue weighted by atomic mass is 10.00. The van der Waals surface area contributed by atoms with E-state index in [0.29, 0.717) is 6.04 Å². The van der Waals surface area contributed by atoms with Crippen molar-refractivity contribution >= 4 is 0 Å². The molecule has 4 nitrogen and oxygen atoms in total. The van der Waals surface area contributed by atoms with Gasteiger partial charge in [-0.15, -0.1) is 0 Å². The summed E-state index contributed by atoms with van der Waals surface area (Å²) < 4.78 is 16.0. The molecule has 4 heteroatoms. The van der Waals surface area contributed by atoms with Crippen LogP contribution < -0.4 is 14.8 Å². The molecule has 0 aromatic heterocycles. The van der Waals surface area contributed by atoms with E-state index in [1.807, 2.05) is 12.1 Å². The first kappa shape index (κ1) is 14.2. The van der Waals surface area contributed by atoms with Crippen LogP contribution in [0.25, 0.3) is 0 Å². The molecular formula is C15H23NO3. The van der Waals surface area contributed by atoms with Gasteiger partial charge in [0.1, 0.15) is 11.5 Å². The third-order valence-electron chi connectivity index (χ3n) is 3.42. The van der Waals surface area contributed by atoms with Crippen LogP contribution >= 0.6 is 0 Å². The van der Waals surface area contributed by atoms with E-state index in [9.17, 15) is 0 Å². The number of nitrogens with one attached hydrogen (secondary N) is 1. The van der Waals surface area contributed by atoms with E-state index >= 15 is 0 Å². The van der Waals surface area contributed by atoms with Crippen molar-refractivity contribution in [2.75, 3.05) is 34.0 Å². The summed E-state index contributed by atoms with van der Waals surface area (Å²) in [6.07, 6.45) is 3.23. The molecule has 0 radical (unpaired) electrons. The molecule has 2 rings (SSSR count). The SMILES string of the molecule is COCCCCNC1CCOc2ccc(OC)cc21. The van der Waals surface area contributed by atoms with Crippen molar-refractivity contribution in [3.05, 3.63) is 23.8 Å². The first-order chi connectivity index (χ1) is 9.35. The van der Waals surface area contributed by atoms with E-state index in [1.54, 1.807) is 14.2 Å². The normalized spacial score (nSPS) is 17.7. The van der Waals surface area contributed by atoms with Crippen molar-refractivity contribution < 1.29 is 14.2 Å². The Labute approximate surface area is 115 Å². The second kappa shape index (κ2) is 7.36. The number of unbranched alkanes of at least 4 members (excludes halogenated alkanes) is 1. The minimum Gasteiger partial charge on any atom is -0.497 e. The Morgan fingerprint density at radius 2 is 2.21 bits per heavy atom. The maximum Gasteiger partial charge on any atom is 0.124 e. The molecule has 1 aliphatic heterocycles. The molecule has 1 N–H and O–H groups in total. The van der Waals surface area contributed by atoms with E-state index in [-0.39, 0.29) is 0 Å². The van der Waals surface area contributed by atoms with Crippen LogP contribution in [0.15, 0.2) is 18.2 Å². The molecule has 0 fully saturated rings. The third-order valence-corrected chi connectivity index (χ3v) is 3.42. The van der Waals surface area contributed by atoms with Gasteiger partial charge in [0.25, 0.3) is 0 Å². The topological polar surface area (TPSA) is 39.7 Å². The highest BCUT2D eigenvalue weighted by Gasteiger charge is 2.21. The summed E-state index contributed by atoms with van der Waals surface area (Å²) in [4.78, 5) is 0. The van der Waals surface area contributed by atoms with Crippen molar-refractivity contribution in [1.82, 2.24) is 5.32 Å². The van der Waals surface area contributed by atoms with Gasteiger partial charge in [0, 0.05) is 31.7 Å². The predicted molar refractivity (Wildman–Crippen MR) is 75.0 cm³/mol. The van der Waals surface area contributed by atoms with Crippen LogP contribution in [0.1, 0.15) is 30.9 Å². The molecule has 0 saturated heterocycles. The Morgan fingerprint density at radius 3 is 3.00 bits per heavy atom. The average molecular weight is 265 g/mol. The van der Waals surface area contributed by atoms with E-state index < -0.39 is 0 Å². The Kier molecular flexibility index (Phi) is 5.48. The summed E-state index contributed by atoms with van der Waals surface area (Å²) in [7, 11) is 3.44. The maximum atomic E-state index is 5.68. The Balaban J connectivity index is 1.92. The monoisotopic (exact) mass is 265 g/mol. The molecule has 1 unspecified atom stereocenters. The van der Waals surface area contributed by atoms with Crippen LogP contribution in [0, 0.1) is 0 Å². The second-order valence-electron chi connectivity index (χ2n) is 4.75. The molecule has 0 amide bonds. The lowest BCUT2D eigenvalue weighted by Crippen LogP contribution is -2.28. The van der Waals surface area contributed by atoms with Crippen LogP contribution in [0.2, 0.25) is 0 Å². The standard InChI is InChI=1S/C15H23NO3/c1-17-9-4-3-8-16-14-7-10-19-15-6-5-12(18-2)11-13(14)15/h5-6,11,14,16H,3-4,7-10H2,1-2H3. The largest absolute Gasteiger partial charge is 0.497 e. The van der Waals surface area contributed by atoms with Crippen LogP contribution in [-0.2, 0) is 4.74 Å². The van der Waals surface area contributed by atoms with Crippen molar-refractivity contribution in [1.29, 1.82) is 0 Å². The van der Waals surface area contributed by atoms with Crippen molar-refractivity contribution in [2.45, 2.75) is 25.3 Å². The fourth-order valence-electron chi connectivity index (χ4n) is 2.36. The Hall–Kier alpha value is -1.26. The highest BCUT2D eigenvalue weighted by molar-refractivity contribution is 5.43. The fourth-order valence-corrected chi connectivity index (χ4v) is 2.36. The van der Waals surface area contributed by atoms with Gasteiger partial charge in [-0.25, -0.2) is 0 Å². The number of fused-ring (bicyclic) bond motifs is 1. The van der Waals surface area contributed by atoms with Gasteiger partial charge in [-0.2, -0.15) is 0 Å². The average Bonchev–Trinajstić information content (AvgIpc) is 2.46. The zero-order valence-corrected chi connectivity index (χ0v) is 11.8. The van der Waals surface area contributed by atoms with E-state index in [1.165, 1.54) is 5.56 Å². The molecule has 1 heterocycles. The molecule has 0 aliphatic carbocycles. The van der Waals surface area contributed by atoms with Gasteiger partial charge < -0.3 is 19.5 Å². The van der Waals surface area contributed by atoms with Crippen LogP contribution in [0.4, 0.5) is 0 Å². The van der Waals surface area contributed by atoms with Gasteiger partial charge in [-0.3, -0.25) is 0 Å². The summed E-state index contributed by atoms with van der Waals surface area (Å²) in [5.74, 6) is 1.86. The van der Waals surface area contributed by atoms with Gasteiger partial charge in [0.2, 0.25) is 0 Å². The number of benzene rings is 1. The summed E-state index contributed by atoms with van der Waals surface area (Å²) in [5, 5.41) is 3.60. The maximum absolute atomic E-state index is 5.68. The Morgan fingerprint density at radius 1 is 1.32 bits per heavy atom. The third kappa shape index (κ3) is 3.85. The van der Waals surface area contributed by atoms with Crippen LogP contribution in [0.3, 0.4) is 0 Å². The molecule has 1 aromatic carbocycles. The van der Waals surface area contributed by atoms with Crippen molar-refractivity contribution in [3.8, 4) is 11.5 Å². The lowest BCUT2D eigenvalue weighted by Gasteiger charge is -2.27. The minimum atomic E-state index is 0.362. The molecule has 19 heavy (non-hydrogen) atoms. The van der Waals surface area contributed by atoms with Crippen LogP contribution in [0.5, 0.6) is 11.5 Å². The van der Waals surface area contributed by atoms with Gasteiger partial charge in [0.05, 0.1) is 13.7 Å².